The second-order valence-electron chi connectivity index (χ2n) is 5.10. The zero-order chi connectivity index (χ0) is 16.2. The van der Waals surface area contributed by atoms with Crippen LogP contribution in [0.3, 0.4) is 0 Å². The van der Waals surface area contributed by atoms with Crippen LogP contribution in [0.1, 0.15) is 5.69 Å². The van der Waals surface area contributed by atoms with Gasteiger partial charge < -0.3 is 4.90 Å². The monoisotopic (exact) mass is 350 g/mol. The van der Waals surface area contributed by atoms with Gasteiger partial charge >= 0.3 is 0 Å². The second kappa shape index (κ2) is 7.17. The lowest BCUT2D eigenvalue weighted by Gasteiger charge is -2.20. The van der Waals surface area contributed by atoms with Gasteiger partial charge in [-0.3, -0.25) is 9.82 Å². The van der Waals surface area contributed by atoms with Crippen molar-refractivity contribution in [3.63, 3.8) is 0 Å². The highest BCUT2D eigenvalue weighted by molar-refractivity contribution is 6.38. The number of hydrogen-bond acceptors (Lipinski definition) is 3. The van der Waals surface area contributed by atoms with Crippen LogP contribution in [0, 0.1) is 0 Å². The quantitative estimate of drug-likeness (QED) is 0.841. The summed E-state index contributed by atoms with van der Waals surface area (Å²) in [4.78, 5) is 16.7. The van der Waals surface area contributed by atoms with Crippen molar-refractivity contribution in [3.05, 3.63) is 58.3 Å². The van der Waals surface area contributed by atoms with Crippen LogP contribution in [0.25, 0.3) is 0 Å². The van der Waals surface area contributed by atoms with Crippen LogP contribution in [0.2, 0.25) is 10.0 Å². The first-order chi connectivity index (χ1) is 11.1. The Bertz CT molecular complexity index is 688. The Labute approximate surface area is 145 Å². The molecule has 7 heteroatoms. The molecule has 1 aromatic heterocycles. The Hall–Kier alpha value is -1.82. The van der Waals surface area contributed by atoms with Gasteiger partial charge in [0.2, 0.25) is 5.96 Å². The maximum absolute atomic E-state index is 6.20. The lowest BCUT2D eigenvalue weighted by atomic mass is 10.3. The molecule has 0 saturated carbocycles. The summed E-state index contributed by atoms with van der Waals surface area (Å²) in [5, 5.41) is 2.76. The molecule has 23 heavy (non-hydrogen) atoms. The van der Waals surface area contributed by atoms with Gasteiger partial charge in [-0.2, -0.15) is 0 Å². The van der Waals surface area contributed by atoms with Crippen molar-refractivity contribution in [1.82, 2.24) is 14.9 Å². The summed E-state index contributed by atoms with van der Waals surface area (Å²) < 4.78 is 0. The molecule has 2 heterocycles. The average Bonchev–Trinajstić information content (AvgIpc) is 2.90. The van der Waals surface area contributed by atoms with Crippen molar-refractivity contribution < 1.29 is 4.84 Å². The molecule has 1 saturated heterocycles. The molecule has 0 atom stereocenters. The Morgan fingerprint density at radius 3 is 2.61 bits per heavy atom. The summed E-state index contributed by atoms with van der Waals surface area (Å²) in [5.41, 5.74) is 1.41. The molecule has 0 bridgehead atoms. The van der Waals surface area contributed by atoms with E-state index < -0.39 is 0 Å². The second-order valence-corrected chi connectivity index (χ2v) is 5.91. The molecule has 1 aromatic carbocycles. The Morgan fingerprint density at radius 1 is 1.13 bits per heavy atom. The molecule has 1 aliphatic heterocycles. The molecule has 3 rings (SSSR count). The number of likely N-dealkylation sites (N-methyl/N-ethyl adjacent to an activating group) is 1. The molecule has 0 aliphatic carbocycles. The van der Waals surface area contributed by atoms with E-state index >= 15 is 0 Å². The minimum absolute atomic E-state index is 0.379. The summed E-state index contributed by atoms with van der Waals surface area (Å²) in [5.74, 6) is 0.677. The van der Waals surface area contributed by atoms with E-state index in [9.17, 15) is 0 Å². The van der Waals surface area contributed by atoms with Crippen molar-refractivity contribution in [1.29, 1.82) is 0 Å². The van der Waals surface area contributed by atoms with Gasteiger partial charge in [0, 0.05) is 19.8 Å². The summed E-state index contributed by atoms with van der Waals surface area (Å²) in [6.45, 7) is 1.90. The van der Waals surface area contributed by atoms with Gasteiger partial charge in [0.25, 0.3) is 0 Å². The SMILES string of the molecule is CN1CCN(OCc2ccccn2)C1=Nc1c(Cl)cccc1Cl. The summed E-state index contributed by atoms with van der Waals surface area (Å²) in [6.07, 6.45) is 1.74. The third kappa shape index (κ3) is 3.75. The Kier molecular flexibility index (Phi) is 5.00. The van der Waals surface area contributed by atoms with E-state index in [-0.39, 0.29) is 0 Å². The fraction of sp³-hybridized carbons (Fsp3) is 0.250. The van der Waals surface area contributed by atoms with Crippen LogP contribution in [-0.4, -0.2) is 41.0 Å². The number of hydrogen-bond donors (Lipinski definition) is 0. The Morgan fingerprint density at radius 2 is 1.91 bits per heavy atom. The molecule has 1 aliphatic rings. The van der Waals surface area contributed by atoms with Gasteiger partial charge in [0.1, 0.15) is 12.3 Å². The molecule has 0 amide bonds. The van der Waals surface area contributed by atoms with E-state index in [1.807, 2.05) is 30.1 Å². The number of para-hydroxylation sites is 1. The normalized spacial score (nSPS) is 16.4. The van der Waals surface area contributed by atoms with Crippen molar-refractivity contribution in [2.75, 3.05) is 20.1 Å². The Balaban J connectivity index is 1.80. The van der Waals surface area contributed by atoms with Crippen LogP contribution in [0.5, 0.6) is 0 Å². The minimum atomic E-state index is 0.379. The number of hydroxylamine groups is 2. The number of guanidine groups is 1. The highest BCUT2D eigenvalue weighted by Crippen LogP contribution is 2.33. The van der Waals surface area contributed by atoms with Crippen molar-refractivity contribution in [2.24, 2.45) is 4.99 Å². The fourth-order valence-corrected chi connectivity index (χ4v) is 2.70. The molecule has 0 unspecified atom stereocenters. The van der Waals surface area contributed by atoms with Crippen LogP contribution in [-0.2, 0) is 11.4 Å². The number of nitrogens with zero attached hydrogens (tertiary/aromatic N) is 4. The van der Waals surface area contributed by atoms with E-state index in [0.29, 0.717) is 34.8 Å². The van der Waals surface area contributed by atoms with Crippen LogP contribution < -0.4 is 0 Å². The van der Waals surface area contributed by atoms with Gasteiger partial charge in [0.15, 0.2) is 0 Å². The van der Waals surface area contributed by atoms with Crippen molar-refractivity contribution in [3.8, 4) is 0 Å². The van der Waals surface area contributed by atoms with E-state index in [0.717, 1.165) is 12.2 Å². The maximum atomic E-state index is 6.20. The van der Waals surface area contributed by atoms with Gasteiger partial charge in [-0.05, 0) is 24.3 Å². The topological polar surface area (TPSA) is 41.0 Å². The smallest absolute Gasteiger partial charge is 0.226 e. The molecule has 0 spiro atoms. The third-order valence-corrected chi connectivity index (χ3v) is 4.06. The molecular weight excluding hydrogens is 335 g/mol. The molecule has 5 nitrogen and oxygen atoms in total. The van der Waals surface area contributed by atoms with E-state index in [2.05, 4.69) is 9.98 Å². The molecule has 0 radical (unpaired) electrons. The van der Waals surface area contributed by atoms with Crippen molar-refractivity contribution >= 4 is 34.8 Å². The number of pyridine rings is 1. The first-order valence-corrected chi connectivity index (χ1v) is 7.95. The largest absolute Gasteiger partial charge is 0.342 e. The predicted molar refractivity (Wildman–Crippen MR) is 91.9 cm³/mol. The fourth-order valence-electron chi connectivity index (χ4n) is 2.22. The number of halogens is 2. The van der Waals surface area contributed by atoms with E-state index in [4.69, 9.17) is 28.0 Å². The van der Waals surface area contributed by atoms with Crippen molar-refractivity contribution in [2.45, 2.75) is 6.61 Å². The van der Waals surface area contributed by atoms with Crippen LogP contribution in [0.4, 0.5) is 5.69 Å². The number of aromatic nitrogens is 1. The molecule has 1 fully saturated rings. The zero-order valence-corrected chi connectivity index (χ0v) is 14.1. The molecule has 2 aromatic rings. The standard InChI is InChI=1S/C16H16Cl2N4O/c1-21-9-10-22(23-11-12-5-2-3-8-19-12)16(21)20-15-13(17)6-4-7-14(15)18/h2-8H,9-11H2,1H3. The average molecular weight is 351 g/mol. The highest BCUT2D eigenvalue weighted by atomic mass is 35.5. The summed E-state index contributed by atoms with van der Waals surface area (Å²) in [6, 6.07) is 11.0. The van der Waals surface area contributed by atoms with Crippen LogP contribution >= 0.6 is 23.2 Å². The number of rotatable bonds is 4. The maximum Gasteiger partial charge on any atom is 0.226 e. The van der Waals surface area contributed by atoms with Gasteiger partial charge in [-0.1, -0.05) is 35.3 Å². The zero-order valence-electron chi connectivity index (χ0n) is 12.6. The van der Waals surface area contributed by atoms with Gasteiger partial charge in [0.05, 0.1) is 22.3 Å². The molecule has 0 N–H and O–H groups in total. The van der Waals surface area contributed by atoms with E-state index in [1.165, 1.54) is 0 Å². The van der Waals surface area contributed by atoms with Gasteiger partial charge in [-0.25, -0.2) is 10.1 Å². The van der Waals surface area contributed by atoms with Crippen LogP contribution in [0.15, 0.2) is 47.6 Å². The summed E-state index contributed by atoms with van der Waals surface area (Å²) in [7, 11) is 1.95. The lowest BCUT2D eigenvalue weighted by molar-refractivity contribution is -0.104. The number of benzene rings is 1. The molecular formula is C16H16Cl2N4O. The first-order valence-electron chi connectivity index (χ1n) is 7.19. The summed E-state index contributed by atoms with van der Waals surface area (Å²) >= 11 is 12.4. The van der Waals surface area contributed by atoms with E-state index in [1.54, 1.807) is 29.5 Å². The first kappa shape index (κ1) is 16.1. The van der Waals surface area contributed by atoms with Gasteiger partial charge in [-0.15, -0.1) is 0 Å². The number of aliphatic imine (C=N–C) groups is 1. The lowest BCUT2D eigenvalue weighted by Crippen LogP contribution is -2.31. The highest BCUT2D eigenvalue weighted by Gasteiger charge is 2.25. The minimum Gasteiger partial charge on any atom is -0.342 e. The third-order valence-electron chi connectivity index (χ3n) is 3.45. The predicted octanol–water partition coefficient (Wildman–Crippen LogP) is 3.76. The molecule has 120 valence electrons.